The molecule has 2 rings (SSSR count). The lowest BCUT2D eigenvalue weighted by molar-refractivity contribution is 0.389. The van der Waals surface area contributed by atoms with Crippen LogP contribution in [0.2, 0.25) is 0 Å². The van der Waals surface area contributed by atoms with Crippen molar-refractivity contribution < 1.29 is 4.74 Å². The molecule has 0 fully saturated rings. The van der Waals surface area contributed by atoms with Crippen molar-refractivity contribution in [1.82, 2.24) is 25.4 Å². The van der Waals surface area contributed by atoms with E-state index in [1.807, 2.05) is 24.7 Å². The quantitative estimate of drug-likeness (QED) is 0.624. The fourth-order valence-corrected chi connectivity index (χ4v) is 2.47. The summed E-state index contributed by atoms with van der Waals surface area (Å²) in [5.41, 5.74) is 5.50. The fourth-order valence-electron chi connectivity index (χ4n) is 1.97. The van der Waals surface area contributed by atoms with Gasteiger partial charge < -0.3 is 4.74 Å². The summed E-state index contributed by atoms with van der Waals surface area (Å²) in [5.74, 6) is 6.11. The maximum absolute atomic E-state index is 5.64. The van der Waals surface area contributed by atoms with E-state index in [1.165, 1.54) is 0 Å². The Bertz CT molecular complexity index is 582. The van der Waals surface area contributed by atoms with Crippen LogP contribution in [0.4, 0.5) is 0 Å². The van der Waals surface area contributed by atoms with Gasteiger partial charge in [0.15, 0.2) is 0 Å². The molecule has 0 radical (unpaired) electrons. The van der Waals surface area contributed by atoms with Gasteiger partial charge in [-0.2, -0.15) is 10.2 Å². The molecule has 20 heavy (non-hydrogen) atoms. The summed E-state index contributed by atoms with van der Waals surface area (Å²) in [5, 5.41) is 12.4. The summed E-state index contributed by atoms with van der Waals surface area (Å²) in [6.07, 6.45) is 0.648. The number of aromatic nitrogens is 4. The van der Waals surface area contributed by atoms with Gasteiger partial charge in [-0.3, -0.25) is 16.0 Å². The highest BCUT2D eigenvalue weighted by atomic mass is 79.9. The van der Waals surface area contributed by atoms with Gasteiger partial charge >= 0.3 is 0 Å². The molecule has 2 aromatic heterocycles. The van der Waals surface area contributed by atoms with E-state index in [4.69, 9.17) is 10.6 Å². The molecular weight excluding hydrogens is 324 g/mol. The molecule has 0 spiro atoms. The lowest BCUT2D eigenvalue weighted by Gasteiger charge is -2.15. The summed E-state index contributed by atoms with van der Waals surface area (Å²) in [6.45, 7) is 1.95. The molecule has 0 bridgehead atoms. The molecule has 2 heterocycles. The lowest BCUT2D eigenvalue weighted by atomic mass is 10.1. The monoisotopic (exact) mass is 340 g/mol. The summed E-state index contributed by atoms with van der Waals surface area (Å²) in [6, 6.07) is 3.45. The molecule has 8 heteroatoms. The molecule has 1 atom stereocenters. The van der Waals surface area contributed by atoms with Gasteiger partial charge in [0.05, 0.1) is 34.7 Å². The van der Waals surface area contributed by atoms with Crippen LogP contribution in [0.25, 0.3) is 0 Å². The van der Waals surface area contributed by atoms with Crippen molar-refractivity contribution in [3.8, 4) is 5.88 Å². The van der Waals surface area contributed by atoms with Gasteiger partial charge in [-0.15, -0.1) is 5.10 Å². The number of halogens is 1. The van der Waals surface area contributed by atoms with Gasteiger partial charge in [-0.05, 0) is 28.9 Å². The molecule has 7 nitrogen and oxygen atoms in total. The summed E-state index contributed by atoms with van der Waals surface area (Å²) < 4.78 is 7.82. The molecule has 1 unspecified atom stereocenters. The van der Waals surface area contributed by atoms with Crippen molar-refractivity contribution in [2.24, 2.45) is 12.9 Å². The average Bonchev–Trinajstić information content (AvgIpc) is 2.70. The maximum Gasteiger partial charge on any atom is 0.233 e. The Labute approximate surface area is 125 Å². The Morgan fingerprint density at radius 1 is 1.45 bits per heavy atom. The number of hydrogen-bond acceptors (Lipinski definition) is 6. The first-order valence-electron chi connectivity index (χ1n) is 6.08. The number of hydrazine groups is 1. The highest BCUT2D eigenvalue weighted by Crippen LogP contribution is 2.25. The van der Waals surface area contributed by atoms with Crippen molar-refractivity contribution in [3.63, 3.8) is 0 Å². The molecule has 0 saturated heterocycles. The SMILES string of the molecule is COc1ccc(C(Cc2c(Br)c(C)nn2C)NN)nn1. The molecule has 0 aromatic carbocycles. The van der Waals surface area contributed by atoms with Crippen LogP contribution in [0.3, 0.4) is 0 Å². The first kappa shape index (κ1) is 14.9. The highest BCUT2D eigenvalue weighted by Gasteiger charge is 2.18. The predicted octanol–water partition coefficient (Wildman–Crippen LogP) is 1.04. The molecule has 0 aliphatic heterocycles. The molecule has 108 valence electrons. The summed E-state index contributed by atoms with van der Waals surface area (Å²) in [4.78, 5) is 0. The topological polar surface area (TPSA) is 90.9 Å². The van der Waals surface area contributed by atoms with Crippen LogP contribution in [0, 0.1) is 6.92 Å². The van der Waals surface area contributed by atoms with E-state index in [1.54, 1.807) is 13.2 Å². The number of hydrogen-bond donors (Lipinski definition) is 2. The molecule has 0 saturated carbocycles. The zero-order valence-corrected chi connectivity index (χ0v) is 13.2. The van der Waals surface area contributed by atoms with Crippen LogP contribution in [0.15, 0.2) is 16.6 Å². The Morgan fingerprint density at radius 3 is 2.65 bits per heavy atom. The Balaban J connectivity index is 2.23. The number of methoxy groups -OCH3 is 1. The highest BCUT2D eigenvalue weighted by molar-refractivity contribution is 9.10. The number of nitrogens with one attached hydrogen (secondary N) is 1. The summed E-state index contributed by atoms with van der Waals surface area (Å²) in [7, 11) is 3.46. The van der Waals surface area contributed by atoms with E-state index in [-0.39, 0.29) is 6.04 Å². The number of ether oxygens (including phenoxy) is 1. The zero-order chi connectivity index (χ0) is 14.7. The second kappa shape index (κ2) is 6.29. The van der Waals surface area contributed by atoms with Crippen molar-refractivity contribution >= 4 is 15.9 Å². The summed E-state index contributed by atoms with van der Waals surface area (Å²) >= 11 is 3.55. The average molecular weight is 341 g/mol. The van der Waals surface area contributed by atoms with E-state index in [9.17, 15) is 0 Å². The minimum absolute atomic E-state index is 0.153. The predicted molar refractivity (Wildman–Crippen MR) is 78.0 cm³/mol. The smallest absolute Gasteiger partial charge is 0.233 e. The number of rotatable bonds is 5. The van der Waals surface area contributed by atoms with Gasteiger partial charge in [-0.1, -0.05) is 0 Å². The van der Waals surface area contributed by atoms with Gasteiger partial charge in [0.25, 0.3) is 0 Å². The van der Waals surface area contributed by atoms with Crippen molar-refractivity contribution in [1.29, 1.82) is 0 Å². The fraction of sp³-hybridized carbons (Fsp3) is 0.417. The van der Waals surface area contributed by atoms with E-state index >= 15 is 0 Å². The largest absolute Gasteiger partial charge is 0.480 e. The normalized spacial score (nSPS) is 12.4. The van der Waals surface area contributed by atoms with Gasteiger partial charge in [0.1, 0.15) is 0 Å². The van der Waals surface area contributed by atoms with Gasteiger partial charge in [-0.25, -0.2) is 0 Å². The van der Waals surface area contributed by atoms with Crippen molar-refractivity contribution in [2.75, 3.05) is 7.11 Å². The van der Waals surface area contributed by atoms with E-state index in [0.717, 1.165) is 21.6 Å². The van der Waals surface area contributed by atoms with Crippen LogP contribution >= 0.6 is 15.9 Å². The van der Waals surface area contributed by atoms with Crippen molar-refractivity contribution in [2.45, 2.75) is 19.4 Å². The first-order valence-corrected chi connectivity index (χ1v) is 6.87. The minimum Gasteiger partial charge on any atom is -0.480 e. The number of nitrogens with zero attached hydrogens (tertiary/aromatic N) is 4. The van der Waals surface area contributed by atoms with Crippen molar-refractivity contribution in [3.05, 3.63) is 33.7 Å². The molecule has 0 aliphatic carbocycles. The Morgan fingerprint density at radius 2 is 2.20 bits per heavy atom. The first-order chi connectivity index (χ1) is 9.56. The third-order valence-corrected chi connectivity index (χ3v) is 4.12. The van der Waals surface area contributed by atoms with E-state index in [2.05, 4.69) is 36.7 Å². The number of aryl methyl sites for hydroxylation is 2. The van der Waals surface area contributed by atoms with Crippen LogP contribution < -0.4 is 16.0 Å². The van der Waals surface area contributed by atoms with E-state index in [0.29, 0.717) is 12.3 Å². The van der Waals surface area contributed by atoms with Crippen LogP contribution in [-0.4, -0.2) is 27.1 Å². The molecular formula is C12H17BrN6O. The standard InChI is InChI=1S/C12H17BrN6O/c1-7-12(13)10(19(2)18-7)6-9(15-14)8-4-5-11(20-3)17-16-8/h4-5,9,15H,6,14H2,1-3H3. The zero-order valence-electron chi connectivity index (χ0n) is 11.6. The third-order valence-electron chi connectivity index (χ3n) is 3.09. The lowest BCUT2D eigenvalue weighted by Crippen LogP contribution is -2.31. The maximum atomic E-state index is 5.64. The van der Waals surface area contributed by atoms with Crippen LogP contribution in [-0.2, 0) is 13.5 Å². The molecule has 3 N–H and O–H groups in total. The Hall–Kier alpha value is -1.51. The molecule has 0 aliphatic rings. The van der Waals surface area contributed by atoms with Gasteiger partial charge in [0, 0.05) is 19.5 Å². The van der Waals surface area contributed by atoms with Crippen LogP contribution in [0.1, 0.15) is 23.1 Å². The van der Waals surface area contributed by atoms with E-state index < -0.39 is 0 Å². The number of nitrogens with two attached hydrogens (primary N) is 1. The Kier molecular flexibility index (Phi) is 4.69. The third kappa shape index (κ3) is 2.97. The van der Waals surface area contributed by atoms with Crippen LogP contribution in [0.5, 0.6) is 5.88 Å². The second-order valence-corrected chi connectivity index (χ2v) is 5.19. The molecule has 0 amide bonds. The van der Waals surface area contributed by atoms with Gasteiger partial charge in [0.2, 0.25) is 5.88 Å². The second-order valence-electron chi connectivity index (χ2n) is 4.39. The molecule has 2 aromatic rings. The minimum atomic E-state index is -0.153.